The molecule has 1 amide bonds. The van der Waals surface area contributed by atoms with Crippen LogP contribution in [0.25, 0.3) is 0 Å². The molecule has 1 aliphatic rings. The van der Waals surface area contributed by atoms with Crippen molar-refractivity contribution in [2.75, 3.05) is 11.9 Å². The molecular formula is C20H20N4O. The minimum atomic E-state index is -0.127. The first-order valence-electron chi connectivity index (χ1n) is 8.48. The number of fused-ring (bicyclic) bond motifs is 1. The van der Waals surface area contributed by atoms with Crippen LogP contribution in [-0.4, -0.2) is 27.5 Å². The average molecular weight is 332 g/mol. The number of benzene rings is 2. The van der Waals surface area contributed by atoms with Gasteiger partial charge in [0, 0.05) is 30.8 Å². The van der Waals surface area contributed by atoms with Crippen LogP contribution in [0.2, 0.25) is 0 Å². The Kier molecular flexibility index (Phi) is 4.31. The van der Waals surface area contributed by atoms with Crippen LogP contribution < -0.4 is 5.32 Å². The second-order valence-corrected chi connectivity index (χ2v) is 6.30. The van der Waals surface area contributed by atoms with Gasteiger partial charge < -0.3 is 5.32 Å². The van der Waals surface area contributed by atoms with Crippen molar-refractivity contribution < 1.29 is 4.79 Å². The molecule has 0 radical (unpaired) electrons. The minimum absolute atomic E-state index is 0.127. The number of hydrogen-bond donors (Lipinski definition) is 2. The Hall–Kier alpha value is -2.92. The largest absolute Gasteiger partial charge is 0.305 e. The first-order valence-corrected chi connectivity index (χ1v) is 8.48. The zero-order chi connectivity index (χ0) is 17.1. The summed E-state index contributed by atoms with van der Waals surface area (Å²) < 4.78 is 0. The van der Waals surface area contributed by atoms with Crippen LogP contribution in [0.1, 0.15) is 27.2 Å². The predicted octanol–water partition coefficient (Wildman–Crippen LogP) is 3.22. The van der Waals surface area contributed by atoms with Gasteiger partial charge in [0.1, 0.15) is 0 Å². The van der Waals surface area contributed by atoms with Crippen molar-refractivity contribution in [1.82, 2.24) is 15.1 Å². The maximum Gasteiger partial charge on any atom is 0.256 e. The third-order valence-corrected chi connectivity index (χ3v) is 4.54. The number of hydrogen-bond acceptors (Lipinski definition) is 3. The van der Waals surface area contributed by atoms with E-state index in [1.54, 1.807) is 12.1 Å². The summed E-state index contributed by atoms with van der Waals surface area (Å²) in [5.41, 5.74) is 4.17. The lowest BCUT2D eigenvalue weighted by Crippen LogP contribution is -2.20. The molecule has 1 aromatic heterocycles. The van der Waals surface area contributed by atoms with E-state index in [1.807, 2.05) is 24.3 Å². The molecule has 2 heterocycles. The maximum absolute atomic E-state index is 12.3. The van der Waals surface area contributed by atoms with Crippen molar-refractivity contribution in [2.45, 2.75) is 19.5 Å². The molecule has 0 fully saturated rings. The van der Waals surface area contributed by atoms with E-state index >= 15 is 0 Å². The molecule has 0 spiro atoms. The van der Waals surface area contributed by atoms with Gasteiger partial charge in [0.05, 0.1) is 5.69 Å². The van der Waals surface area contributed by atoms with Gasteiger partial charge in [0.2, 0.25) is 0 Å². The molecule has 2 N–H and O–H groups in total. The van der Waals surface area contributed by atoms with Gasteiger partial charge in [-0.05, 0) is 24.1 Å². The molecule has 0 bridgehead atoms. The van der Waals surface area contributed by atoms with Crippen molar-refractivity contribution in [3.8, 4) is 0 Å². The summed E-state index contributed by atoms with van der Waals surface area (Å²) in [7, 11) is 0. The molecule has 0 atom stereocenters. The number of rotatable bonds is 5. The Morgan fingerprint density at radius 1 is 1.04 bits per heavy atom. The zero-order valence-corrected chi connectivity index (χ0v) is 13.9. The molecule has 0 unspecified atom stereocenters. The van der Waals surface area contributed by atoms with Crippen molar-refractivity contribution >= 4 is 11.7 Å². The Labute approximate surface area is 146 Å². The van der Waals surface area contributed by atoms with Crippen molar-refractivity contribution in [1.29, 1.82) is 0 Å². The molecule has 0 saturated heterocycles. The second kappa shape index (κ2) is 6.91. The van der Waals surface area contributed by atoms with Gasteiger partial charge >= 0.3 is 0 Å². The van der Waals surface area contributed by atoms with E-state index in [1.165, 1.54) is 5.56 Å². The third kappa shape index (κ3) is 3.46. The van der Waals surface area contributed by atoms with Crippen LogP contribution >= 0.6 is 0 Å². The summed E-state index contributed by atoms with van der Waals surface area (Å²) in [5, 5.41) is 10.3. The fourth-order valence-corrected chi connectivity index (χ4v) is 3.17. The highest BCUT2D eigenvalue weighted by atomic mass is 16.1. The molecule has 5 heteroatoms. The summed E-state index contributed by atoms with van der Waals surface area (Å²) in [6.07, 6.45) is 1.02. The van der Waals surface area contributed by atoms with Crippen LogP contribution in [0.3, 0.4) is 0 Å². The van der Waals surface area contributed by atoms with Gasteiger partial charge in [-0.3, -0.25) is 14.8 Å². The SMILES string of the molecule is O=C(Nc1n[nH]c2c1CN(CCc1ccccc1)C2)c1ccccc1. The predicted molar refractivity (Wildman–Crippen MR) is 97.2 cm³/mol. The lowest BCUT2D eigenvalue weighted by Gasteiger charge is -2.15. The van der Waals surface area contributed by atoms with Crippen LogP contribution in [0, 0.1) is 0 Å². The van der Waals surface area contributed by atoms with Gasteiger partial charge in [0.15, 0.2) is 5.82 Å². The number of anilines is 1. The van der Waals surface area contributed by atoms with Gasteiger partial charge in [-0.15, -0.1) is 0 Å². The zero-order valence-electron chi connectivity index (χ0n) is 13.9. The maximum atomic E-state index is 12.3. The van der Waals surface area contributed by atoms with Crippen LogP contribution in [0.5, 0.6) is 0 Å². The van der Waals surface area contributed by atoms with E-state index in [2.05, 4.69) is 44.7 Å². The van der Waals surface area contributed by atoms with Crippen LogP contribution in [-0.2, 0) is 19.5 Å². The van der Waals surface area contributed by atoms with Gasteiger partial charge in [-0.25, -0.2) is 0 Å². The van der Waals surface area contributed by atoms with E-state index in [9.17, 15) is 4.79 Å². The Balaban J connectivity index is 1.39. The first kappa shape index (κ1) is 15.6. The van der Waals surface area contributed by atoms with Gasteiger partial charge in [-0.2, -0.15) is 5.10 Å². The summed E-state index contributed by atoms with van der Waals surface area (Å²) >= 11 is 0. The Bertz CT molecular complexity index is 858. The molecule has 5 nitrogen and oxygen atoms in total. The van der Waals surface area contributed by atoms with E-state index in [4.69, 9.17) is 0 Å². The van der Waals surface area contributed by atoms with Crippen LogP contribution in [0.4, 0.5) is 5.82 Å². The summed E-state index contributed by atoms with van der Waals surface area (Å²) in [4.78, 5) is 14.7. The topological polar surface area (TPSA) is 61.0 Å². The molecule has 0 saturated carbocycles. The molecule has 4 rings (SSSR count). The number of nitrogens with one attached hydrogen (secondary N) is 2. The molecular weight excluding hydrogens is 312 g/mol. The normalized spacial score (nSPS) is 13.6. The number of carbonyl (C=O) groups is 1. The van der Waals surface area contributed by atoms with Crippen molar-refractivity contribution in [3.05, 3.63) is 83.0 Å². The van der Waals surface area contributed by atoms with E-state index in [0.717, 1.165) is 37.3 Å². The smallest absolute Gasteiger partial charge is 0.256 e. The first-order chi connectivity index (χ1) is 12.3. The lowest BCUT2D eigenvalue weighted by atomic mass is 10.1. The van der Waals surface area contributed by atoms with E-state index in [0.29, 0.717) is 11.4 Å². The Morgan fingerprint density at radius 3 is 2.52 bits per heavy atom. The summed E-state index contributed by atoms with van der Waals surface area (Å²) in [6, 6.07) is 19.7. The van der Waals surface area contributed by atoms with E-state index < -0.39 is 0 Å². The molecule has 126 valence electrons. The second-order valence-electron chi connectivity index (χ2n) is 6.30. The monoisotopic (exact) mass is 332 g/mol. The van der Waals surface area contributed by atoms with Crippen LogP contribution in [0.15, 0.2) is 60.7 Å². The van der Waals surface area contributed by atoms with E-state index in [-0.39, 0.29) is 5.91 Å². The number of carbonyl (C=O) groups excluding carboxylic acids is 1. The standard InChI is InChI=1S/C20H20N4O/c25-20(16-9-5-2-6-10-16)21-19-17-13-24(14-18(17)22-23-19)12-11-15-7-3-1-4-8-15/h1-10H,11-14H2,(H2,21,22,23,25). The molecule has 25 heavy (non-hydrogen) atoms. The highest BCUT2D eigenvalue weighted by Gasteiger charge is 2.25. The highest BCUT2D eigenvalue weighted by Crippen LogP contribution is 2.27. The minimum Gasteiger partial charge on any atom is -0.305 e. The summed E-state index contributed by atoms with van der Waals surface area (Å²) in [6.45, 7) is 2.64. The van der Waals surface area contributed by atoms with Crippen molar-refractivity contribution in [3.63, 3.8) is 0 Å². The Morgan fingerprint density at radius 2 is 1.76 bits per heavy atom. The average Bonchev–Trinajstić information content (AvgIpc) is 3.23. The molecule has 1 aliphatic heterocycles. The number of aromatic nitrogens is 2. The highest BCUT2D eigenvalue weighted by molar-refractivity contribution is 6.04. The fourth-order valence-electron chi connectivity index (χ4n) is 3.17. The quantitative estimate of drug-likeness (QED) is 0.754. The number of nitrogens with zero attached hydrogens (tertiary/aromatic N) is 2. The number of aromatic amines is 1. The van der Waals surface area contributed by atoms with Gasteiger partial charge in [-0.1, -0.05) is 48.5 Å². The molecule has 2 aromatic carbocycles. The number of H-pyrrole nitrogens is 1. The third-order valence-electron chi connectivity index (χ3n) is 4.54. The van der Waals surface area contributed by atoms with Gasteiger partial charge in [0.25, 0.3) is 5.91 Å². The fraction of sp³-hybridized carbons (Fsp3) is 0.200. The summed E-state index contributed by atoms with van der Waals surface area (Å²) in [5.74, 6) is 0.517. The molecule has 3 aromatic rings. The number of amides is 1. The lowest BCUT2D eigenvalue weighted by molar-refractivity contribution is 0.102. The van der Waals surface area contributed by atoms with Crippen molar-refractivity contribution in [2.24, 2.45) is 0 Å². The molecule has 0 aliphatic carbocycles.